The van der Waals surface area contributed by atoms with Crippen LogP contribution in [0.3, 0.4) is 0 Å². The summed E-state index contributed by atoms with van der Waals surface area (Å²) in [5.41, 5.74) is 2.11. The number of aryl methyl sites for hydroxylation is 1. The molecule has 5 heteroatoms. The summed E-state index contributed by atoms with van der Waals surface area (Å²) in [4.78, 5) is 7.32. The first kappa shape index (κ1) is 14.1. The Morgan fingerprint density at radius 2 is 2.15 bits per heavy atom. The van der Waals surface area contributed by atoms with Crippen molar-refractivity contribution < 1.29 is 0 Å². The van der Waals surface area contributed by atoms with E-state index >= 15 is 0 Å². The van der Waals surface area contributed by atoms with Crippen molar-refractivity contribution in [3.8, 4) is 0 Å². The molecule has 0 N–H and O–H groups in total. The molecule has 0 bridgehead atoms. The number of alkyl halides is 1. The normalized spacial score (nSPS) is 13.0. The maximum atomic E-state index is 6.30. The smallest absolute Gasteiger partial charge is 0.128 e. The number of aromatic nitrogens is 2. The van der Waals surface area contributed by atoms with Gasteiger partial charge in [0, 0.05) is 14.2 Å². The SMILES string of the molecule is Cc1ccc(Cn2c(C(C)Cl)nc3ccc(Br)cc32)s1. The molecule has 0 saturated heterocycles. The first-order valence-corrected chi connectivity index (χ1v) is 8.44. The van der Waals surface area contributed by atoms with Gasteiger partial charge in [0.05, 0.1) is 23.0 Å². The number of hydrogen-bond acceptors (Lipinski definition) is 2. The van der Waals surface area contributed by atoms with Crippen LogP contribution in [0.25, 0.3) is 11.0 Å². The van der Waals surface area contributed by atoms with Crippen LogP contribution < -0.4 is 0 Å². The third kappa shape index (κ3) is 2.65. The lowest BCUT2D eigenvalue weighted by Gasteiger charge is -2.09. The van der Waals surface area contributed by atoms with Crippen molar-refractivity contribution in [1.29, 1.82) is 0 Å². The topological polar surface area (TPSA) is 17.8 Å². The minimum Gasteiger partial charge on any atom is -0.321 e. The van der Waals surface area contributed by atoms with Gasteiger partial charge in [0.2, 0.25) is 0 Å². The predicted octanol–water partition coefficient (Wildman–Crippen LogP) is 5.52. The molecule has 2 nitrogen and oxygen atoms in total. The maximum absolute atomic E-state index is 6.30. The van der Waals surface area contributed by atoms with Crippen molar-refractivity contribution in [3.63, 3.8) is 0 Å². The van der Waals surface area contributed by atoms with E-state index in [1.165, 1.54) is 9.75 Å². The Morgan fingerprint density at radius 3 is 2.80 bits per heavy atom. The monoisotopic (exact) mass is 368 g/mol. The molecule has 0 aliphatic heterocycles. The largest absolute Gasteiger partial charge is 0.321 e. The predicted molar refractivity (Wildman–Crippen MR) is 89.9 cm³/mol. The minimum atomic E-state index is -0.109. The minimum absolute atomic E-state index is 0.109. The van der Waals surface area contributed by atoms with Crippen molar-refractivity contribution in [2.24, 2.45) is 0 Å². The zero-order valence-corrected chi connectivity index (χ0v) is 14.4. The van der Waals surface area contributed by atoms with Crippen LogP contribution in [0.5, 0.6) is 0 Å². The van der Waals surface area contributed by atoms with Gasteiger partial charge in [-0.3, -0.25) is 0 Å². The second-order valence-electron chi connectivity index (χ2n) is 4.82. The fraction of sp³-hybridized carbons (Fsp3) is 0.267. The van der Waals surface area contributed by atoms with E-state index in [0.29, 0.717) is 0 Å². The molecule has 2 heterocycles. The van der Waals surface area contributed by atoms with Gasteiger partial charge in [0.15, 0.2) is 0 Å². The third-order valence-corrected chi connectivity index (χ3v) is 4.88. The van der Waals surface area contributed by atoms with Crippen molar-refractivity contribution in [2.45, 2.75) is 25.8 Å². The van der Waals surface area contributed by atoms with E-state index in [4.69, 9.17) is 11.6 Å². The molecule has 0 spiro atoms. The van der Waals surface area contributed by atoms with E-state index in [2.05, 4.69) is 50.6 Å². The zero-order valence-electron chi connectivity index (χ0n) is 11.2. The summed E-state index contributed by atoms with van der Waals surface area (Å²) in [5, 5.41) is -0.109. The fourth-order valence-electron chi connectivity index (χ4n) is 2.31. The molecule has 0 aliphatic rings. The highest BCUT2D eigenvalue weighted by atomic mass is 79.9. The highest BCUT2D eigenvalue weighted by Crippen LogP contribution is 2.28. The third-order valence-electron chi connectivity index (χ3n) is 3.21. The number of hydrogen-bond donors (Lipinski definition) is 0. The van der Waals surface area contributed by atoms with Gasteiger partial charge >= 0.3 is 0 Å². The van der Waals surface area contributed by atoms with E-state index in [-0.39, 0.29) is 5.38 Å². The Bertz CT molecular complexity index is 760. The van der Waals surface area contributed by atoms with Crippen molar-refractivity contribution in [2.75, 3.05) is 0 Å². The molecule has 1 atom stereocenters. The van der Waals surface area contributed by atoms with Crippen LogP contribution in [0.1, 0.15) is 27.9 Å². The molecular weight excluding hydrogens is 356 g/mol. The van der Waals surface area contributed by atoms with Crippen LogP contribution in [0.15, 0.2) is 34.8 Å². The first-order valence-electron chi connectivity index (χ1n) is 6.39. The van der Waals surface area contributed by atoms with Crippen LogP contribution in [0.4, 0.5) is 0 Å². The molecule has 0 radical (unpaired) electrons. The Labute approximate surface area is 135 Å². The van der Waals surface area contributed by atoms with Gasteiger partial charge in [0.25, 0.3) is 0 Å². The second kappa shape index (κ2) is 5.51. The fourth-order valence-corrected chi connectivity index (χ4v) is 3.71. The Morgan fingerprint density at radius 1 is 1.35 bits per heavy atom. The first-order chi connectivity index (χ1) is 9.54. The van der Waals surface area contributed by atoms with Crippen LogP contribution in [0, 0.1) is 6.92 Å². The Balaban J connectivity index is 2.15. The van der Waals surface area contributed by atoms with Gasteiger partial charge in [-0.05, 0) is 44.2 Å². The second-order valence-corrected chi connectivity index (χ2v) is 7.76. The van der Waals surface area contributed by atoms with Crippen LogP contribution in [-0.2, 0) is 6.54 Å². The van der Waals surface area contributed by atoms with Crippen molar-refractivity contribution in [3.05, 3.63) is 50.4 Å². The van der Waals surface area contributed by atoms with E-state index in [9.17, 15) is 0 Å². The molecule has 0 saturated carbocycles. The summed E-state index contributed by atoms with van der Waals surface area (Å²) in [6, 6.07) is 10.5. The molecule has 20 heavy (non-hydrogen) atoms. The van der Waals surface area contributed by atoms with Gasteiger partial charge in [-0.2, -0.15) is 0 Å². The molecule has 1 unspecified atom stereocenters. The summed E-state index contributed by atoms with van der Waals surface area (Å²) in [7, 11) is 0. The molecule has 0 aliphatic carbocycles. The summed E-state index contributed by atoms with van der Waals surface area (Å²) >= 11 is 11.6. The number of benzene rings is 1. The number of imidazole rings is 1. The zero-order chi connectivity index (χ0) is 14.3. The Hall–Kier alpha value is -0.840. The molecule has 3 rings (SSSR count). The van der Waals surface area contributed by atoms with E-state index in [1.807, 2.05) is 30.4 Å². The van der Waals surface area contributed by atoms with Crippen molar-refractivity contribution >= 4 is 49.9 Å². The molecular formula is C15H14BrClN2S. The molecule has 0 fully saturated rings. The average Bonchev–Trinajstić information content (AvgIpc) is 2.95. The van der Waals surface area contributed by atoms with Gasteiger partial charge in [0.1, 0.15) is 5.82 Å². The van der Waals surface area contributed by atoms with Gasteiger partial charge in [-0.25, -0.2) is 4.98 Å². The van der Waals surface area contributed by atoms with E-state index in [0.717, 1.165) is 27.9 Å². The van der Waals surface area contributed by atoms with Crippen molar-refractivity contribution in [1.82, 2.24) is 9.55 Å². The van der Waals surface area contributed by atoms with Crippen LogP contribution >= 0.6 is 38.9 Å². The lowest BCUT2D eigenvalue weighted by molar-refractivity contribution is 0.750. The highest BCUT2D eigenvalue weighted by Gasteiger charge is 2.15. The maximum Gasteiger partial charge on any atom is 0.128 e. The number of nitrogens with zero attached hydrogens (tertiary/aromatic N) is 2. The molecule has 1 aromatic carbocycles. The Kier molecular flexibility index (Phi) is 3.89. The van der Waals surface area contributed by atoms with E-state index < -0.39 is 0 Å². The molecule has 104 valence electrons. The lowest BCUT2D eigenvalue weighted by Crippen LogP contribution is -2.04. The molecule has 3 aromatic rings. The number of rotatable bonds is 3. The van der Waals surface area contributed by atoms with Crippen LogP contribution in [0.2, 0.25) is 0 Å². The average molecular weight is 370 g/mol. The highest BCUT2D eigenvalue weighted by molar-refractivity contribution is 9.10. The van der Waals surface area contributed by atoms with Gasteiger partial charge < -0.3 is 4.57 Å². The van der Waals surface area contributed by atoms with Crippen LogP contribution in [-0.4, -0.2) is 9.55 Å². The number of fused-ring (bicyclic) bond motifs is 1. The molecule has 2 aromatic heterocycles. The standard InChI is InChI=1S/C15H14BrClN2S/c1-9-3-5-12(20-9)8-19-14-7-11(16)4-6-13(14)18-15(19)10(2)17/h3-7,10H,8H2,1-2H3. The summed E-state index contributed by atoms with van der Waals surface area (Å²) in [6.07, 6.45) is 0. The summed E-state index contributed by atoms with van der Waals surface area (Å²) in [6.45, 7) is 4.91. The lowest BCUT2D eigenvalue weighted by atomic mass is 10.3. The van der Waals surface area contributed by atoms with E-state index in [1.54, 1.807) is 0 Å². The van der Waals surface area contributed by atoms with Gasteiger partial charge in [-0.1, -0.05) is 15.9 Å². The number of thiophene rings is 1. The van der Waals surface area contributed by atoms with Gasteiger partial charge in [-0.15, -0.1) is 22.9 Å². The summed E-state index contributed by atoms with van der Waals surface area (Å²) < 4.78 is 3.27. The quantitative estimate of drug-likeness (QED) is 0.556. The summed E-state index contributed by atoms with van der Waals surface area (Å²) in [5.74, 6) is 0.922. The molecule has 0 amide bonds. The number of halogens is 2.